The number of carboxylic acid groups (broad SMARTS) is 1. The van der Waals surface area contributed by atoms with Crippen molar-refractivity contribution in [3.63, 3.8) is 0 Å². The van der Waals surface area contributed by atoms with E-state index >= 15 is 0 Å². The minimum Gasteiger partial charge on any atom is -0.481 e. The molecule has 1 aliphatic carbocycles. The Hall–Kier alpha value is -1.30. The molecule has 2 rings (SSSR count). The summed E-state index contributed by atoms with van der Waals surface area (Å²) in [6.45, 7) is 1.77. The van der Waals surface area contributed by atoms with Gasteiger partial charge in [-0.25, -0.2) is 4.79 Å². The fourth-order valence-corrected chi connectivity index (χ4v) is 2.92. The van der Waals surface area contributed by atoms with Crippen molar-refractivity contribution in [1.29, 1.82) is 0 Å². The lowest BCUT2D eigenvalue weighted by Crippen LogP contribution is -2.47. The molecule has 0 aromatic carbocycles. The van der Waals surface area contributed by atoms with Crippen molar-refractivity contribution in [3.05, 3.63) is 0 Å². The lowest BCUT2D eigenvalue weighted by molar-refractivity contribution is -0.142. The van der Waals surface area contributed by atoms with Crippen molar-refractivity contribution < 1.29 is 19.4 Å². The van der Waals surface area contributed by atoms with Crippen LogP contribution in [0.1, 0.15) is 32.1 Å². The summed E-state index contributed by atoms with van der Waals surface area (Å²) in [6.07, 6.45) is 4.44. The number of hydrogen-bond acceptors (Lipinski definition) is 3. The predicted molar refractivity (Wildman–Crippen MR) is 68.8 cm³/mol. The molecule has 19 heavy (non-hydrogen) atoms. The molecule has 6 heteroatoms. The first-order chi connectivity index (χ1) is 9.16. The van der Waals surface area contributed by atoms with E-state index in [1.807, 2.05) is 0 Å². The van der Waals surface area contributed by atoms with E-state index in [0.717, 1.165) is 38.7 Å². The second kappa shape index (κ2) is 6.75. The Balaban J connectivity index is 1.69. The maximum atomic E-state index is 11.7. The third-order valence-corrected chi connectivity index (χ3v) is 4.00. The van der Waals surface area contributed by atoms with Crippen LogP contribution < -0.4 is 10.6 Å². The van der Waals surface area contributed by atoms with E-state index in [0.29, 0.717) is 13.2 Å². The molecular weight excluding hydrogens is 248 g/mol. The molecule has 3 unspecified atom stereocenters. The van der Waals surface area contributed by atoms with Crippen LogP contribution in [0.15, 0.2) is 0 Å². The van der Waals surface area contributed by atoms with Crippen LogP contribution in [0, 0.1) is 11.8 Å². The van der Waals surface area contributed by atoms with Gasteiger partial charge in [0.2, 0.25) is 0 Å². The summed E-state index contributed by atoms with van der Waals surface area (Å²) in [5.74, 6) is -0.991. The standard InChI is InChI=1S/C13H22N2O4/c16-12(17)11-5-1-3-9(11)7-14-13(18)15-10-4-2-6-19-8-10/h9-11H,1-8H2,(H,16,17)(H2,14,15,18). The SMILES string of the molecule is O=C(NCC1CCCC1C(=O)O)NC1CCCOC1. The Morgan fingerprint density at radius 3 is 2.74 bits per heavy atom. The first-order valence-corrected chi connectivity index (χ1v) is 7.01. The summed E-state index contributed by atoms with van der Waals surface area (Å²) in [6, 6.07) is -0.140. The largest absolute Gasteiger partial charge is 0.481 e. The Morgan fingerprint density at radius 2 is 2.05 bits per heavy atom. The highest BCUT2D eigenvalue weighted by Crippen LogP contribution is 2.31. The topological polar surface area (TPSA) is 87.7 Å². The number of rotatable bonds is 4. The molecule has 0 aromatic rings. The second-order valence-corrected chi connectivity index (χ2v) is 5.40. The van der Waals surface area contributed by atoms with Crippen LogP contribution >= 0.6 is 0 Å². The van der Waals surface area contributed by atoms with Crippen LogP contribution in [0.4, 0.5) is 4.79 Å². The first-order valence-electron chi connectivity index (χ1n) is 7.01. The number of aliphatic carboxylic acids is 1. The summed E-state index contributed by atoms with van der Waals surface area (Å²) in [7, 11) is 0. The van der Waals surface area contributed by atoms with E-state index in [-0.39, 0.29) is 23.9 Å². The maximum Gasteiger partial charge on any atom is 0.315 e. The Bertz CT molecular complexity index is 329. The molecule has 108 valence electrons. The first kappa shape index (κ1) is 14.1. The number of hydrogen-bond donors (Lipinski definition) is 3. The molecule has 1 saturated carbocycles. The van der Waals surface area contributed by atoms with E-state index in [1.165, 1.54) is 0 Å². The highest BCUT2D eigenvalue weighted by atomic mass is 16.5. The van der Waals surface area contributed by atoms with E-state index in [2.05, 4.69) is 10.6 Å². The molecule has 1 heterocycles. The van der Waals surface area contributed by atoms with Crippen molar-refractivity contribution >= 4 is 12.0 Å². The fraction of sp³-hybridized carbons (Fsp3) is 0.846. The minimum atomic E-state index is -0.745. The highest BCUT2D eigenvalue weighted by molar-refractivity contribution is 5.74. The normalized spacial score (nSPS) is 30.8. The molecule has 0 bridgehead atoms. The van der Waals surface area contributed by atoms with E-state index in [9.17, 15) is 9.59 Å². The van der Waals surface area contributed by atoms with Gasteiger partial charge in [-0.1, -0.05) is 6.42 Å². The fourth-order valence-electron chi connectivity index (χ4n) is 2.92. The molecule has 0 spiro atoms. The van der Waals surface area contributed by atoms with Crippen molar-refractivity contribution in [2.24, 2.45) is 11.8 Å². The van der Waals surface area contributed by atoms with Crippen LogP contribution in [-0.4, -0.2) is 42.9 Å². The monoisotopic (exact) mass is 270 g/mol. The molecule has 1 saturated heterocycles. The van der Waals surface area contributed by atoms with Crippen LogP contribution in [0.2, 0.25) is 0 Å². The number of amides is 2. The van der Waals surface area contributed by atoms with Gasteiger partial charge >= 0.3 is 12.0 Å². The van der Waals surface area contributed by atoms with E-state index in [1.54, 1.807) is 0 Å². The Labute approximate surface area is 112 Å². The zero-order chi connectivity index (χ0) is 13.7. The van der Waals surface area contributed by atoms with Gasteiger partial charge < -0.3 is 20.5 Å². The Kier molecular flexibility index (Phi) is 5.01. The third kappa shape index (κ3) is 4.09. The summed E-state index contributed by atoms with van der Waals surface area (Å²) in [5.41, 5.74) is 0. The predicted octanol–water partition coefficient (Wildman–Crippen LogP) is 0.965. The van der Waals surface area contributed by atoms with E-state index in [4.69, 9.17) is 9.84 Å². The molecule has 2 aliphatic rings. The number of carboxylic acids is 1. The lowest BCUT2D eigenvalue weighted by atomic mass is 9.96. The molecule has 1 aliphatic heterocycles. The lowest BCUT2D eigenvalue weighted by Gasteiger charge is -2.24. The number of nitrogens with one attached hydrogen (secondary N) is 2. The van der Waals surface area contributed by atoms with Gasteiger partial charge in [0.05, 0.1) is 18.6 Å². The summed E-state index contributed by atoms with van der Waals surface area (Å²) in [4.78, 5) is 22.7. The van der Waals surface area contributed by atoms with Crippen LogP contribution in [0.5, 0.6) is 0 Å². The zero-order valence-corrected chi connectivity index (χ0v) is 11.1. The van der Waals surface area contributed by atoms with Gasteiger partial charge in [0.25, 0.3) is 0 Å². The summed E-state index contributed by atoms with van der Waals surface area (Å²) < 4.78 is 5.29. The molecule has 0 aromatic heterocycles. The molecule has 3 N–H and O–H groups in total. The Morgan fingerprint density at radius 1 is 1.21 bits per heavy atom. The number of ether oxygens (including phenoxy) is 1. The van der Waals surface area contributed by atoms with Gasteiger partial charge in [-0.2, -0.15) is 0 Å². The quantitative estimate of drug-likeness (QED) is 0.710. The zero-order valence-electron chi connectivity index (χ0n) is 11.1. The van der Waals surface area contributed by atoms with Crippen LogP contribution in [0.3, 0.4) is 0 Å². The van der Waals surface area contributed by atoms with Crippen molar-refractivity contribution in [3.8, 4) is 0 Å². The van der Waals surface area contributed by atoms with Gasteiger partial charge in [0.15, 0.2) is 0 Å². The molecule has 2 fully saturated rings. The molecule has 0 radical (unpaired) electrons. The molecule has 3 atom stereocenters. The number of carbonyl (C=O) groups is 2. The molecule has 6 nitrogen and oxygen atoms in total. The van der Waals surface area contributed by atoms with Crippen LogP contribution in [-0.2, 0) is 9.53 Å². The molecule has 2 amide bonds. The summed E-state index contributed by atoms with van der Waals surface area (Å²) >= 11 is 0. The van der Waals surface area contributed by atoms with Crippen LogP contribution in [0.25, 0.3) is 0 Å². The van der Waals surface area contributed by atoms with Crippen molar-refractivity contribution in [2.75, 3.05) is 19.8 Å². The minimum absolute atomic E-state index is 0.0610. The van der Waals surface area contributed by atoms with Gasteiger partial charge in [0.1, 0.15) is 0 Å². The summed E-state index contributed by atoms with van der Waals surface area (Å²) in [5, 5.41) is 14.7. The van der Waals surface area contributed by atoms with Crippen molar-refractivity contribution in [1.82, 2.24) is 10.6 Å². The average molecular weight is 270 g/mol. The van der Waals surface area contributed by atoms with Gasteiger partial charge in [-0.15, -0.1) is 0 Å². The highest BCUT2D eigenvalue weighted by Gasteiger charge is 2.32. The smallest absolute Gasteiger partial charge is 0.315 e. The number of urea groups is 1. The van der Waals surface area contributed by atoms with Gasteiger partial charge in [0, 0.05) is 13.2 Å². The molecular formula is C13H22N2O4. The van der Waals surface area contributed by atoms with Crippen molar-refractivity contribution in [2.45, 2.75) is 38.1 Å². The van der Waals surface area contributed by atoms with E-state index < -0.39 is 5.97 Å². The average Bonchev–Trinajstić information content (AvgIpc) is 2.86. The second-order valence-electron chi connectivity index (χ2n) is 5.40. The maximum absolute atomic E-state index is 11.7. The van der Waals surface area contributed by atoms with Gasteiger partial charge in [-0.05, 0) is 31.6 Å². The van der Waals surface area contributed by atoms with Gasteiger partial charge in [-0.3, -0.25) is 4.79 Å². The number of carbonyl (C=O) groups excluding carboxylic acids is 1. The third-order valence-electron chi connectivity index (χ3n) is 4.00.